The second-order valence-electron chi connectivity index (χ2n) is 4.61. The van der Waals surface area contributed by atoms with Crippen LogP contribution in [0.25, 0.3) is 0 Å². The smallest absolute Gasteiger partial charge is 0.207 e. The summed E-state index contributed by atoms with van der Waals surface area (Å²) in [5.74, 6) is -0.294. The quantitative estimate of drug-likeness (QED) is 0.935. The summed E-state index contributed by atoms with van der Waals surface area (Å²) in [4.78, 5) is 0. The van der Waals surface area contributed by atoms with Crippen LogP contribution in [0.15, 0.2) is 34.5 Å². The van der Waals surface area contributed by atoms with Gasteiger partial charge >= 0.3 is 0 Å². The highest BCUT2D eigenvalue weighted by atomic mass is 35.5. The van der Waals surface area contributed by atoms with Gasteiger partial charge in [0.1, 0.15) is 10.0 Å². The van der Waals surface area contributed by atoms with Crippen molar-refractivity contribution in [3.05, 3.63) is 51.6 Å². The third-order valence-corrected chi connectivity index (χ3v) is 6.49. The highest BCUT2D eigenvalue weighted by Crippen LogP contribution is 2.34. The van der Waals surface area contributed by atoms with Crippen LogP contribution in [0.1, 0.15) is 23.6 Å². The SMILES string of the molecule is O=S(=O)(NC1CCc2cc(F)ccc21)c1ccc(Cl)s1. The number of thiophene rings is 1. The first kappa shape index (κ1) is 14.0. The predicted molar refractivity (Wildman–Crippen MR) is 77.1 cm³/mol. The van der Waals surface area contributed by atoms with E-state index in [-0.39, 0.29) is 16.1 Å². The third-order valence-electron chi connectivity index (χ3n) is 3.29. The van der Waals surface area contributed by atoms with Crippen LogP contribution in [-0.2, 0) is 16.4 Å². The van der Waals surface area contributed by atoms with Crippen molar-refractivity contribution in [1.29, 1.82) is 0 Å². The average Bonchev–Trinajstić information content (AvgIpc) is 2.96. The molecule has 0 aliphatic heterocycles. The second kappa shape index (κ2) is 5.11. The lowest BCUT2D eigenvalue weighted by Gasteiger charge is -2.13. The highest BCUT2D eigenvalue weighted by Gasteiger charge is 2.28. The molecule has 20 heavy (non-hydrogen) atoms. The molecule has 0 amide bonds. The molecular formula is C13H11ClFNO2S2. The maximum absolute atomic E-state index is 13.1. The molecule has 0 saturated carbocycles. The molecule has 0 saturated heterocycles. The van der Waals surface area contributed by atoms with Crippen LogP contribution in [-0.4, -0.2) is 8.42 Å². The topological polar surface area (TPSA) is 46.2 Å². The van der Waals surface area contributed by atoms with Crippen LogP contribution < -0.4 is 4.72 Å². The summed E-state index contributed by atoms with van der Waals surface area (Å²) in [6.45, 7) is 0. The molecule has 7 heteroatoms. The van der Waals surface area contributed by atoms with Crippen LogP contribution in [0.4, 0.5) is 4.39 Å². The second-order valence-corrected chi connectivity index (χ2v) is 8.27. The summed E-state index contributed by atoms with van der Waals surface area (Å²) in [5.41, 5.74) is 1.71. The summed E-state index contributed by atoms with van der Waals surface area (Å²) in [5, 5.41) is 0. The van der Waals surface area contributed by atoms with Gasteiger partial charge in [-0.1, -0.05) is 17.7 Å². The first-order chi connectivity index (χ1) is 9.45. The van der Waals surface area contributed by atoms with E-state index in [9.17, 15) is 12.8 Å². The van der Waals surface area contributed by atoms with Gasteiger partial charge in [0, 0.05) is 6.04 Å². The molecular weight excluding hydrogens is 321 g/mol. The fourth-order valence-corrected chi connectivity index (χ4v) is 5.15. The van der Waals surface area contributed by atoms with Crippen molar-refractivity contribution in [2.45, 2.75) is 23.1 Å². The van der Waals surface area contributed by atoms with Crippen molar-refractivity contribution in [2.24, 2.45) is 0 Å². The molecule has 0 radical (unpaired) electrons. The number of hydrogen-bond acceptors (Lipinski definition) is 3. The van der Waals surface area contributed by atoms with Crippen molar-refractivity contribution in [3.63, 3.8) is 0 Å². The number of halogens is 2. The molecule has 1 atom stereocenters. The van der Waals surface area contributed by atoms with Crippen LogP contribution in [0.3, 0.4) is 0 Å². The van der Waals surface area contributed by atoms with E-state index in [1.54, 1.807) is 12.1 Å². The summed E-state index contributed by atoms with van der Waals surface area (Å²) in [7, 11) is -3.59. The Balaban J connectivity index is 1.87. The molecule has 3 rings (SSSR count). The Morgan fingerprint density at radius 1 is 1.30 bits per heavy atom. The van der Waals surface area contributed by atoms with E-state index < -0.39 is 10.0 Å². The Morgan fingerprint density at radius 3 is 2.80 bits per heavy atom. The standard InChI is InChI=1S/C13H11ClFNO2S2/c14-12-5-6-13(19-12)20(17,18)16-11-4-1-8-7-9(15)2-3-10(8)11/h2-3,5-7,11,16H,1,4H2. The molecule has 1 aliphatic carbocycles. The number of nitrogens with one attached hydrogen (secondary N) is 1. The zero-order valence-corrected chi connectivity index (χ0v) is 12.7. The maximum atomic E-state index is 13.1. The molecule has 1 unspecified atom stereocenters. The summed E-state index contributed by atoms with van der Waals surface area (Å²) in [6, 6.07) is 7.19. The summed E-state index contributed by atoms with van der Waals surface area (Å²) in [6.07, 6.45) is 1.31. The Kier molecular flexibility index (Phi) is 3.58. The lowest BCUT2D eigenvalue weighted by molar-refractivity contribution is 0.556. The van der Waals surface area contributed by atoms with Crippen LogP contribution in [0.2, 0.25) is 4.34 Å². The molecule has 0 fully saturated rings. The Labute approximate surface area is 125 Å². The zero-order chi connectivity index (χ0) is 14.3. The van der Waals surface area contributed by atoms with Gasteiger partial charge in [0.25, 0.3) is 10.0 Å². The first-order valence-corrected chi connectivity index (χ1v) is 8.69. The number of fused-ring (bicyclic) bond motifs is 1. The molecule has 0 bridgehead atoms. The van der Waals surface area contributed by atoms with Gasteiger partial charge < -0.3 is 0 Å². The number of benzene rings is 1. The number of rotatable bonds is 3. The van der Waals surface area contributed by atoms with Crippen molar-refractivity contribution in [2.75, 3.05) is 0 Å². The largest absolute Gasteiger partial charge is 0.250 e. The van der Waals surface area contributed by atoms with E-state index in [0.717, 1.165) is 22.5 Å². The minimum absolute atomic E-state index is 0.193. The summed E-state index contributed by atoms with van der Waals surface area (Å²) < 4.78 is 40.9. The van der Waals surface area contributed by atoms with Crippen molar-refractivity contribution >= 4 is 33.0 Å². The van der Waals surface area contributed by atoms with E-state index in [1.807, 2.05) is 0 Å². The van der Waals surface area contributed by atoms with E-state index >= 15 is 0 Å². The maximum Gasteiger partial charge on any atom is 0.250 e. The van der Waals surface area contributed by atoms with Gasteiger partial charge in [0.15, 0.2) is 0 Å². The normalized spacial score (nSPS) is 18.2. The number of hydrogen-bond donors (Lipinski definition) is 1. The van der Waals surface area contributed by atoms with Gasteiger partial charge in [0.2, 0.25) is 0 Å². The molecule has 1 aromatic carbocycles. The molecule has 1 N–H and O–H groups in total. The molecule has 1 heterocycles. The predicted octanol–water partition coefficient (Wildman–Crippen LogP) is 3.51. The van der Waals surface area contributed by atoms with Gasteiger partial charge in [-0.05, 0) is 48.2 Å². The van der Waals surface area contributed by atoms with Crippen molar-refractivity contribution < 1.29 is 12.8 Å². The van der Waals surface area contributed by atoms with Crippen molar-refractivity contribution in [3.8, 4) is 0 Å². The van der Waals surface area contributed by atoms with Crippen LogP contribution in [0, 0.1) is 5.82 Å². The van der Waals surface area contributed by atoms with Crippen LogP contribution >= 0.6 is 22.9 Å². The number of aryl methyl sites for hydroxylation is 1. The molecule has 1 aromatic heterocycles. The molecule has 106 valence electrons. The molecule has 0 spiro atoms. The van der Waals surface area contributed by atoms with Gasteiger partial charge in [0.05, 0.1) is 4.34 Å². The molecule has 2 aromatic rings. The fraction of sp³-hybridized carbons (Fsp3) is 0.231. The van der Waals surface area contributed by atoms with Gasteiger partial charge in [-0.3, -0.25) is 0 Å². The van der Waals surface area contributed by atoms with Gasteiger partial charge in [-0.15, -0.1) is 11.3 Å². The van der Waals surface area contributed by atoms with Gasteiger partial charge in [-0.25, -0.2) is 17.5 Å². The Hall–Kier alpha value is -0.950. The Morgan fingerprint density at radius 2 is 2.10 bits per heavy atom. The highest BCUT2D eigenvalue weighted by molar-refractivity contribution is 7.91. The minimum atomic E-state index is -3.59. The van der Waals surface area contributed by atoms with E-state index in [0.29, 0.717) is 17.2 Å². The van der Waals surface area contributed by atoms with E-state index in [2.05, 4.69) is 4.72 Å². The Bertz CT molecular complexity index is 757. The van der Waals surface area contributed by atoms with E-state index in [4.69, 9.17) is 11.6 Å². The lowest BCUT2D eigenvalue weighted by Crippen LogP contribution is -2.26. The molecule has 1 aliphatic rings. The summed E-state index contributed by atoms with van der Waals surface area (Å²) >= 11 is 6.78. The molecule has 3 nitrogen and oxygen atoms in total. The minimum Gasteiger partial charge on any atom is -0.207 e. The lowest BCUT2D eigenvalue weighted by atomic mass is 10.1. The van der Waals surface area contributed by atoms with Gasteiger partial charge in [-0.2, -0.15) is 0 Å². The first-order valence-electron chi connectivity index (χ1n) is 6.02. The zero-order valence-electron chi connectivity index (χ0n) is 10.3. The third kappa shape index (κ3) is 2.61. The monoisotopic (exact) mass is 331 g/mol. The number of sulfonamides is 1. The average molecular weight is 332 g/mol. The fourth-order valence-electron chi connectivity index (χ4n) is 2.40. The van der Waals surface area contributed by atoms with Crippen molar-refractivity contribution in [1.82, 2.24) is 4.72 Å². The van der Waals surface area contributed by atoms with E-state index in [1.165, 1.54) is 18.2 Å². The van der Waals surface area contributed by atoms with Crippen LogP contribution in [0.5, 0.6) is 0 Å².